The molecule has 8 heteroatoms. The molecule has 19 heavy (non-hydrogen) atoms. The second kappa shape index (κ2) is 5.90. The van der Waals surface area contributed by atoms with Gasteiger partial charge in [0.1, 0.15) is 6.42 Å². The first-order chi connectivity index (χ1) is 8.92. The van der Waals surface area contributed by atoms with E-state index in [-0.39, 0.29) is 22.2 Å². The minimum absolute atomic E-state index is 0.0565. The van der Waals surface area contributed by atoms with Gasteiger partial charge in [0.05, 0.1) is 13.1 Å². The van der Waals surface area contributed by atoms with Gasteiger partial charge in [-0.05, 0) is 19.1 Å². The van der Waals surface area contributed by atoms with Crippen LogP contribution in [-0.4, -0.2) is 45.6 Å². The number of carbonyl (C=O) groups excluding carboxylic acids is 2. The van der Waals surface area contributed by atoms with Crippen molar-refractivity contribution in [3.8, 4) is 0 Å². The fourth-order valence-electron chi connectivity index (χ4n) is 1.85. The molecule has 2 aliphatic carbocycles. The number of nitrogens with one attached hydrogen (secondary N) is 2. The highest BCUT2D eigenvalue weighted by molar-refractivity contribution is 7.96. The number of nitrogens with zero attached hydrogens (tertiary/aromatic N) is 2. The molecular formula is C11H20N4O2S2. The summed E-state index contributed by atoms with van der Waals surface area (Å²) in [6, 6.07) is 0.727. The quantitative estimate of drug-likeness (QED) is 0.232. The van der Waals surface area contributed by atoms with Crippen molar-refractivity contribution in [3.05, 3.63) is 0 Å². The fraction of sp³-hybridized carbons (Fsp3) is 0.818. The van der Waals surface area contributed by atoms with Crippen molar-refractivity contribution >= 4 is 36.6 Å². The van der Waals surface area contributed by atoms with Crippen LogP contribution in [0.5, 0.6) is 0 Å². The molecule has 0 spiro atoms. The third-order valence-corrected chi connectivity index (χ3v) is 4.39. The van der Waals surface area contributed by atoms with Crippen LogP contribution < -0.4 is 10.9 Å². The average molecular weight is 304 g/mol. The summed E-state index contributed by atoms with van der Waals surface area (Å²) in [5.41, 5.74) is 5.46. The van der Waals surface area contributed by atoms with Crippen LogP contribution in [0.1, 0.15) is 32.1 Å². The molecule has 2 saturated carbocycles. The Morgan fingerprint density at radius 3 is 2.42 bits per heavy atom. The molecule has 0 aromatic heterocycles. The van der Waals surface area contributed by atoms with Crippen LogP contribution in [0.25, 0.3) is 0 Å². The van der Waals surface area contributed by atoms with Crippen LogP contribution in [0.2, 0.25) is 0 Å². The molecule has 0 heterocycles. The van der Waals surface area contributed by atoms with Crippen LogP contribution in [-0.2, 0) is 22.4 Å². The number of hydrogen-bond acceptors (Lipinski definition) is 5. The summed E-state index contributed by atoms with van der Waals surface area (Å²) in [5.74, 6) is -0.608. The van der Waals surface area contributed by atoms with Crippen LogP contribution in [0, 0.1) is 0 Å². The fourth-order valence-corrected chi connectivity index (χ4v) is 2.86. The van der Waals surface area contributed by atoms with Crippen LogP contribution >= 0.6 is 11.9 Å². The number of carbonyl (C=O) groups is 2. The van der Waals surface area contributed by atoms with Gasteiger partial charge in [-0.2, -0.15) is 4.41 Å². The summed E-state index contributed by atoms with van der Waals surface area (Å²) in [6.45, 7) is 0. The Balaban J connectivity index is 1.73. The van der Waals surface area contributed by atoms with Crippen LogP contribution in [0.4, 0.5) is 0 Å². The van der Waals surface area contributed by atoms with Crippen molar-refractivity contribution in [2.24, 2.45) is 0 Å². The Kier molecular flexibility index (Phi) is 4.65. The summed E-state index contributed by atoms with van der Waals surface area (Å²) in [6.07, 6.45) is 5.99. The maximum atomic E-state index is 11.8. The zero-order valence-corrected chi connectivity index (χ0v) is 12.9. The second-order valence-corrected chi connectivity index (χ2v) is 6.72. The van der Waals surface area contributed by atoms with Crippen molar-refractivity contribution in [2.45, 2.75) is 44.2 Å². The van der Waals surface area contributed by atoms with Crippen molar-refractivity contribution in [2.75, 3.05) is 13.3 Å². The van der Waals surface area contributed by atoms with Crippen molar-refractivity contribution in [1.29, 1.82) is 0 Å². The molecular weight excluding hydrogens is 284 g/mol. The normalized spacial score (nSPS) is 21.9. The topological polar surface area (TPSA) is 61.4 Å². The highest BCUT2D eigenvalue weighted by atomic mass is 32.2. The Bertz CT molecular complexity index is 370. The van der Waals surface area contributed by atoms with E-state index in [0.717, 1.165) is 25.7 Å². The van der Waals surface area contributed by atoms with E-state index in [0.29, 0.717) is 12.1 Å². The van der Waals surface area contributed by atoms with Gasteiger partial charge in [-0.1, -0.05) is 11.9 Å². The molecule has 1 atom stereocenters. The third kappa shape index (κ3) is 4.55. The standard InChI is InChI=1S/C11H20N4O2S2/c1-15(18,9-5-6-9)13-11(17)7-10(16)12-14(19-2)8-3-4-8/h8-9H,3-7H2,1-2H3,(H,12,16)(H,13,17). The van der Waals surface area contributed by atoms with Gasteiger partial charge in [0.15, 0.2) is 0 Å². The van der Waals surface area contributed by atoms with Gasteiger partial charge in [0.25, 0.3) is 5.91 Å². The molecule has 0 aliphatic heterocycles. The van der Waals surface area contributed by atoms with Gasteiger partial charge in [-0.25, -0.2) is 5.43 Å². The van der Waals surface area contributed by atoms with Gasteiger partial charge in [0.2, 0.25) is 5.91 Å². The SMILES string of the molecule is CSN(NC(=O)CC(=O)N[N+](C)([S-])C1CC1)C1CC1. The molecule has 0 radical (unpaired) electrons. The predicted octanol–water partition coefficient (Wildman–Crippen LogP) is 0.252. The summed E-state index contributed by atoms with van der Waals surface area (Å²) >= 11 is 6.75. The lowest BCUT2D eigenvalue weighted by molar-refractivity contribution is -0.822. The predicted molar refractivity (Wildman–Crippen MR) is 75.8 cm³/mol. The molecule has 2 N–H and O–H groups in total. The van der Waals surface area contributed by atoms with E-state index in [1.54, 1.807) is 7.05 Å². The zero-order valence-electron chi connectivity index (χ0n) is 11.2. The Hall–Kier alpha value is -0.440. The van der Waals surface area contributed by atoms with E-state index >= 15 is 0 Å². The number of hydrazine groups is 1. The van der Waals surface area contributed by atoms with Crippen molar-refractivity contribution in [3.63, 3.8) is 0 Å². The first-order valence-corrected chi connectivity index (χ1v) is 7.98. The average Bonchev–Trinajstić information content (AvgIpc) is 3.17. The third-order valence-electron chi connectivity index (χ3n) is 3.22. The van der Waals surface area contributed by atoms with Gasteiger partial charge in [-0.15, -0.1) is 0 Å². The van der Waals surface area contributed by atoms with Gasteiger partial charge in [0, 0.05) is 18.9 Å². The molecule has 108 valence electrons. The summed E-state index contributed by atoms with van der Waals surface area (Å²) in [7, 11) is 1.78. The molecule has 6 nitrogen and oxygen atoms in total. The minimum Gasteiger partial charge on any atom is -0.463 e. The van der Waals surface area contributed by atoms with Crippen molar-refractivity contribution in [1.82, 2.24) is 15.3 Å². The number of quaternary nitrogens is 1. The number of hydrogen-bond donors (Lipinski definition) is 2. The molecule has 1 unspecified atom stereocenters. The Labute approximate surface area is 123 Å². The van der Waals surface area contributed by atoms with E-state index in [2.05, 4.69) is 10.9 Å². The molecule has 0 aromatic rings. The largest absolute Gasteiger partial charge is 0.463 e. The lowest BCUT2D eigenvalue weighted by atomic mass is 10.4. The highest BCUT2D eigenvalue weighted by Crippen LogP contribution is 2.30. The van der Waals surface area contributed by atoms with E-state index in [1.165, 1.54) is 11.9 Å². The molecule has 0 bridgehead atoms. The van der Waals surface area contributed by atoms with Crippen LogP contribution in [0.3, 0.4) is 0 Å². The molecule has 2 amide bonds. The summed E-state index contributed by atoms with van der Waals surface area (Å²) in [5, 5.41) is 0. The first-order valence-electron chi connectivity index (χ1n) is 6.43. The number of amides is 2. The van der Waals surface area contributed by atoms with Gasteiger partial charge in [-0.3, -0.25) is 15.0 Å². The van der Waals surface area contributed by atoms with E-state index < -0.39 is 0 Å². The molecule has 2 aliphatic rings. The Morgan fingerprint density at radius 2 is 1.95 bits per heavy atom. The number of rotatable bonds is 7. The highest BCUT2D eigenvalue weighted by Gasteiger charge is 2.36. The lowest BCUT2D eigenvalue weighted by Gasteiger charge is -2.39. The van der Waals surface area contributed by atoms with Gasteiger partial charge < -0.3 is 16.8 Å². The summed E-state index contributed by atoms with van der Waals surface area (Å²) < 4.78 is 1.87. The minimum atomic E-state index is -0.321. The lowest BCUT2D eigenvalue weighted by Crippen LogP contribution is -2.55. The maximum Gasteiger partial charge on any atom is 0.273 e. The monoisotopic (exact) mass is 304 g/mol. The Morgan fingerprint density at radius 1 is 1.32 bits per heavy atom. The smallest absolute Gasteiger partial charge is 0.273 e. The second-order valence-electron chi connectivity index (χ2n) is 5.21. The van der Waals surface area contributed by atoms with E-state index in [1.807, 2.05) is 10.7 Å². The first kappa shape index (κ1) is 15.0. The molecule has 2 rings (SSSR count). The molecule has 0 saturated heterocycles. The maximum absolute atomic E-state index is 11.8. The van der Waals surface area contributed by atoms with Crippen LogP contribution in [0.15, 0.2) is 0 Å². The summed E-state index contributed by atoms with van der Waals surface area (Å²) in [4.78, 5) is 23.5. The van der Waals surface area contributed by atoms with E-state index in [4.69, 9.17) is 12.8 Å². The molecule has 0 aromatic carbocycles. The van der Waals surface area contributed by atoms with E-state index in [9.17, 15) is 9.59 Å². The van der Waals surface area contributed by atoms with Gasteiger partial charge >= 0.3 is 0 Å². The zero-order chi connectivity index (χ0) is 14.0. The van der Waals surface area contributed by atoms with Crippen molar-refractivity contribution < 1.29 is 13.6 Å². The molecule has 2 fully saturated rings.